The number of benzene rings is 1. The highest BCUT2D eigenvalue weighted by atomic mass is 79.9. The molecule has 1 aromatic heterocycles. The summed E-state index contributed by atoms with van der Waals surface area (Å²) in [6.07, 6.45) is 3.03. The largest absolute Gasteiger partial charge is 0.396 e. The number of nitrogens with one attached hydrogen (secondary N) is 1. The van der Waals surface area contributed by atoms with E-state index in [0.717, 1.165) is 11.1 Å². The van der Waals surface area contributed by atoms with Crippen molar-refractivity contribution in [2.75, 3.05) is 6.61 Å². The van der Waals surface area contributed by atoms with E-state index in [1.165, 1.54) is 12.8 Å². The number of rotatable bonds is 6. The number of hydrogen-bond donors (Lipinski definition) is 2. The van der Waals surface area contributed by atoms with Crippen molar-refractivity contribution in [3.63, 3.8) is 0 Å². The normalized spacial score (nSPS) is 15.2. The fourth-order valence-corrected chi connectivity index (χ4v) is 2.89. The molecule has 0 aliphatic heterocycles. The first kappa shape index (κ1) is 14.0. The van der Waals surface area contributed by atoms with E-state index in [0.29, 0.717) is 35.5 Å². The molecule has 1 heterocycles. The Hall–Kier alpha value is -0.980. The smallest absolute Gasteiger partial charge is 0.138 e. The van der Waals surface area contributed by atoms with E-state index < -0.39 is 0 Å². The maximum atomic E-state index is 14.2. The summed E-state index contributed by atoms with van der Waals surface area (Å²) in [6.45, 7) is 1.36. The number of hydrogen-bond acceptors (Lipinski definition) is 3. The summed E-state index contributed by atoms with van der Waals surface area (Å²) in [6, 6.07) is 4.14. The van der Waals surface area contributed by atoms with Crippen molar-refractivity contribution in [1.29, 1.82) is 0 Å². The zero-order valence-corrected chi connectivity index (χ0v) is 12.7. The fourth-order valence-electron chi connectivity index (χ4n) is 2.31. The highest BCUT2D eigenvalue weighted by Gasteiger charge is 2.21. The van der Waals surface area contributed by atoms with E-state index in [-0.39, 0.29) is 12.4 Å². The molecule has 1 aliphatic carbocycles. The van der Waals surface area contributed by atoms with Crippen molar-refractivity contribution in [1.82, 2.24) is 15.1 Å². The highest BCUT2D eigenvalue weighted by Crippen LogP contribution is 2.28. The molecule has 0 saturated heterocycles. The van der Waals surface area contributed by atoms with Crippen LogP contribution in [0.3, 0.4) is 0 Å². The van der Waals surface area contributed by atoms with Crippen LogP contribution in [0.4, 0.5) is 4.39 Å². The van der Waals surface area contributed by atoms with Crippen LogP contribution in [0.2, 0.25) is 0 Å². The Morgan fingerprint density at radius 2 is 2.25 bits per heavy atom. The first-order chi connectivity index (χ1) is 9.69. The molecule has 0 bridgehead atoms. The van der Waals surface area contributed by atoms with Crippen LogP contribution in [0, 0.1) is 5.82 Å². The molecule has 1 aromatic carbocycles. The van der Waals surface area contributed by atoms with Gasteiger partial charge in [-0.05, 0) is 52.9 Å². The lowest BCUT2D eigenvalue weighted by Gasteiger charge is -2.06. The summed E-state index contributed by atoms with van der Waals surface area (Å²) in [5.74, 6) is -0.253. The van der Waals surface area contributed by atoms with Gasteiger partial charge in [-0.3, -0.25) is 4.68 Å². The van der Waals surface area contributed by atoms with E-state index in [4.69, 9.17) is 5.11 Å². The Morgan fingerprint density at radius 1 is 1.45 bits per heavy atom. The quantitative estimate of drug-likeness (QED) is 0.848. The average Bonchev–Trinajstić information content (AvgIpc) is 3.19. The van der Waals surface area contributed by atoms with Crippen LogP contribution in [-0.2, 0) is 13.1 Å². The predicted octanol–water partition coefficient (Wildman–Crippen LogP) is 2.57. The second-order valence-corrected chi connectivity index (χ2v) is 5.97. The summed E-state index contributed by atoms with van der Waals surface area (Å²) in [4.78, 5) is 0. The van der Waals surface area contributed by atoms with E-state index >= 15 is 0 Å². The van der Waals surface area contributed by atoms with Crippen LogP contribution in [0.25, 0.3) is 10.9 Å². The summed E-state index contributed by atoms with van der Waals surface area (Å²) in [7, 11) is 0. The first-order valence-electron chi connectivity index (χ1n) is 6.87. The van der Waals surface area contributed by atoms with Crippen molar-refractivity contribution in [2.45, 2.75) is 38.4 Å². The minimum Gasteiger partial charge on any atom is -0.396 e. The number of fused-ring (bicyclic) bond motifs is 1. The summed E-state index contributed by atoms with van der Waals surface area (Å²) < 4.78 is 16.5. The Balaban J connectivity index is 1.93. The number of aliphatic hydroxyl groups is 1. The Kier molecular flexibility index (Phi) is 4.05. The van der Waals surface area contributed by atoms with Gasteiger partial charge in [0.05, 0.1) is 10.9 Å². The van der Waals surface area contributed by atoms with Gasteiger partial charge in [-0.1, -0.05) is 0 Å². The molecule has 1 saturated carbocycles. The van der Waals surface area contributed by atoms with E-state index in [2.05, 4.69) is 26.3 Å². The highest BCUT2D eigenvalue weighted by molar-refractivity contribution is 9.10. The zero-order valence-electron chi connectivity index (χ0n) is 11.1. The Labute approximate surface area is 125 Å². The van der Waals surface area contributed by atoms with Crippen LogP contribution < -0.4 is 5.32 Å². The summed E-state index contributed by atoms with van der Waals surface area (Å²) in [5, 5.41) is 17.1. The first-order valence-corrected chi connectivity index (χ1v) is 7.67. The maximum absolute atomic E-state index is 14.2. The monoisotopic (exact) mass is 341 g/mol. The van der Waals surface area contributed by atoms with Gasteiger partial charge >= 0.3 is 0 Å². The third-order valence-electron chi connectivity index (χ3n) is 3.52. The van der Waals surface area contributed by atoms with Crippen LogP contribution in [0.5, 0.6) is 0 Å². The van der Waals surface area contributed by atoms with E-state index in [1.54, 1.807) is 10.7 Å². The van der Waals surface area contributed by atoms with Gasteiger partial charge in [-0.25, -0.2) is 4.39 Å². The van der Waals surface area contributed by atoms with Gasteiger partial charge in [0.2, 0.25) is 0 Å². The number of halogens is 2. The molecule has 1 aliphatic rings. The van der Waals surface area contributed by atoms with Gasteiger partial charge in [-0.2, -0.15) is 5.10 Å². The van der Waals surface area contributed by atoms with Crippen LogP contribution in [-0.4, -0.2) is 27.5 Å². The molecule has 0 spiro atoms. The number of aryl methyl sites for hydroxylation is 1. The van der Waals surface area contributed by atoms with Crippen LogP contribution in [0.1, 0.15) is 24.8 Å². The molecule has 0 amide bonds. The summed E-state index contributed by atoms with van der Waals surface area (Å²) >= 11 is 3.31. The molecule has 6 heteroatoms. The minimum absolute atomic E-state index is 0.102. The standard InChI is InChI=1S/C14H17BrFN3O/c15-14-13-11(16)6-9(8-17-10-2-3-10)7-12(13)19(18-14)4-1-5-20/h6-7,10,17,20H,1-5,8H2. The predicted molar refractivity (Wildman–Crippen MR) is 79.0 cm³/mol. The lowest BCUT2D eigenvalue weighted by Crippen LogP contribution is -2.15. The maximum Gasteiger partial charge on any atom is 0.138 e. The van der Waals surface area contributed by atoms with Crippen LogP contribution >= 0.6 is 15.9 Å². The number of aliphatic hydroxyl groups excluding tert-OH is 1. The van der Waals surface area contributed by atoms with Crippen molar-refractivity contribution in [3.05, 3.63) is 28.1 Å². The zero-order chi connectivity index (χ0) is 14.1. The molecular formula is C14H17BrFN3O. The summed E-state index contributed by atoms with van der Waals surface area (Å²) in [5.41, 5.74) is 1.71. The molecule has 1 fully saturated rings. The van der Waals surface area contributed by atoms with Crippen molar-refractivity contribution < 1.29 is 9.50 Å². The topological polar surface area (TPSA) is 50.1 Å². The molecule has 20 heavy (non-hydrogen) atoms. The number of aromatic nitrogens is 2. The molecule has 3 rings (SSSR count). The molecular weight excluding hydrogens is 325 g/mol. The van der Waals surface area contributed by atoms with Gasteiger partial charge in [0, 0.05) is 25.7 Å². The van der Waals surface area contributed by atoms with Gasteiger partial charge in [0.15, 0.2) is 0 Å². The average molecular weight is 342 g/mol. The minimum atomic E-state index is -0.253. The van der Waals surface area contributed by atoms with Gasteiger partial charge in [-0.15, -0.1) is 0 Å². The lowest BCUT2D eigenvalue weighted by molar-refractivity contribution is 0.278. The molecule has 0 radical (unpaired) electrons. The molecule has 108 valence electrons. The SMILES string of the molecule is OCCCn1nc(Br)c2c(F)cc(CNC3CC3)cc21. The second kappa shape index (κ2) is 5.79. The molecule has 2 aromatic rings. The molecule has 4 nitrogen and oxygen atoms in total. The molecule has 0 atom stereocenters. The van der Waals surface area contributed by atoms with Crippen molar-refractivity contribution in [3.8, 4) is 0 Å². The van der Waals surface area contributed by atoms with Gasteiger partial charge in [0.25, 0.3) is 0 Å². The van der Waals surface area contributed by atoms with Gasteiger partial charge in [0.1, 0.15) is 10.4 Å². The second-order valence-electron chi connectivity index (χ2n) is 5.22. The third kappa shape index (κ3) is 2.87. The fraction of sp³-hybridized carbons (Fsp3) is 0.500. The molecule has 0 unspecified atom stereocenters. The third-order valence-corrected chi connectivity index (χ3v) is 4.08. The number of nitrogens with zero attached hydrogens (tertiary/aromatic N) is 2. The van der Waals surface area contributed by atoms with Gasteiger partial charge < -0.3 is 10.4 Å². The Morgan fingerprint density at radius 3 is 2.95 bits per heavy atom. The van der Waals surface area contributed by atoms with E-state index in [1.807, 2.05) is 6.07 Å². The Bertz CT molecular complexity index is 624. The van der Waals surface area contributed by atoms with Crippen LogP contribution in [0.15, 0.2) is 16.7 Å². The van der Waals surface area contributed by atoms with Crippen molar-refractivity contribution >= 4 is 26.8 Å². The van der Waals surface area contributed by atoms with Crippen molar-refractivity contribution in [2.24, 2.45) is 0 Å². The lowest BCUT2D eigenvalue weighted by atomic mass is 10.1. The molecule has 2 N–H and O–H groups in total. The van der Waals surface area contributed by atoms with E-state index in [9.17, 15) is 4.39 Å².